The van der Waals surface area contributed by atoms with Gasteiger partial charge in [-0.15, -0.1) is 0 Å². The zero-order valence-corrected chi connectivity index (χ0v) is 11.9. The molecule has 21 heavy (non-hydrogen) atoms. The summed E-state index contributed by atoms with van der Waals surface area (Å²) in [6.45, 7) is 0. The zero-order valence-electron chi connectivity index (χ0n) is 10.4. The first kappa shape index (κ1) is 13.6. The maximum atomic E-state index is 12.2. The molecule has 0 fully saturated rings. The van der Waals surface area contributed by atoms with E-state index in [1.807, 2.05) is 0 Å². The van der Waals surface area contributed by atoms with Gasteiger partial charge in [-0.25, -0.2) is 4.98 Å². The van der Waals surface area contributed by atoms with E-state index in [2.05, 4.69) is 25.3 Å². The molecule has 2 heterocycles. The molecule has 106 valence electrons. The van der Waals surface area contributed by atoms with Crippen LogP contribution < -0.4 is 11.1 Å². The molecule has 0 spiro atoms. The van der Waals surface area contributed by atoms with Crippen molar-refractivity contribution in [2.75, 3.05) is 11.1 Å². The Morgan fingerprint density at radius 1 is 1.29 bits per heavy atom. The fourth-order valence-corrected chi connectivity index (χ4v) is 2.18. The number of amides is 1. The first-order valence-corrected chi connectivity index (χ1v) is 6.54. The van der Waals surface area contributed by atoms with E-state index in [4.69, 9.17) is 28.9 Å². The van der Waals surface area contributed by atoms with Crippen molar-refractivity contribution in [3.05, 3.63) is 40.3 Å². The fourth-order valence-electron chi connectivity index (χ4n) is 1.75. The third kappa shape index (κ3) is 2.48. The molecule has 1 amide bonds. The number of nitrogens with zero attached hydrogens (tertiary/aromatic N) is 3. The predicted octanol–water partition coefficient (Wildman–Crippen LogP) is 2.49. The first-order valence-electron chi connectivity index (χ1n) is 5.78. The van der Waals surface area contributed by atoms with Gasteiger partial charge in [0.15, 0.2) is 10.8 Å². The lowest BCUT2D eigenvalue weighted by molar-refractivity contribution is 0.102. The van der Waals surface area contributed by atoms with Crippen molar-refractivity contribution >= 4 is 51.9 Å². The molecule has 3 aromatic rings. The second kappa shape index (κ2) is 5.19. The number of halogens is 2. The van der Waals surface area contributed by atoms with Gasteiger partial charge in [-0.05, 0) is 12.1 Å². The Hall–Kier alpha value is -2.38. The Balaban J connectivity index is 1.94. The van der Waals surface area contributed by atoms with E-state index in [9.17, 15) is 4.79 Å². The Labute approximate surface area is 128 Å². The number of hydrogen-bond acceptors (Lipinski definition) is 5. The molecule has 0 aliphatic rings. The van der Waals surface area contributed by atoms with Gasteiger partial charge >= 0.3 is 0 Å². The average molecular weight is 323 g/mol. The fraction of sp³-hybridized carbons (Fsp3) is 0. The summed E-state index contributed by atoms with van der Waals surface area (Å²) in [6, 6.07) is 4.77. The topological polar surface area (TPSA) is 110 Å². The zero-order chi connectivity index (χ0) is 15.0. The third-order valence-electron chi connectivity index (χ3n) is 2.74. The van der Waals surface area contributed by atoms with Gasteiger partial charge in [-0.2, -0.15) is 9.97 Å². The number of hydrogen-bond donors (Lipinski definition) is 3. The van der Waals surface area contributed by atoms with Crippen LogP contribution in [0.25, 0.3) is 11.2 Å². The van der Waals surface area contributed by atoms with Crippen molar-refractivity contribution in [1.29, 1.82) is 0 Å². The third-order valence-corrected chi connectivity index (χ3v) is 3.44. The number of imidazole rings is 1. The van der Waals surface area contributed by atoms with Crippen LogP contribution in [0.5, 0.6) is 0 Å². The second-order valence-electron chi connectivity index (χ2n) is 4.10. The minimum absolute atomic E-state index is 0.0306. The van der Waals surface area contributed by atoms with Crippen LogP contribution in [0.3, 0.4) is 0 Å². The van der Waals surface area contributed by atoms with Gasteiger partial charge in [-0.3, -0.25) is 10.1 Å². The number of carbonyl (C=O) groups excluding carboxylic acids is 1. The summed E-state index contributed by atoms with van der Waals surface area (Å²) in [6.07, 6.45) is 1.44. The lowest BCUT2D eigenvalue weighted by atomic mass is 10.2. The highest BCUT2D eigenvalue weighted by Crippen LogP contribution is 2.24. The van der Waals surface area contributed by atoms with Crippen LogP contribution in [0.2, 0.25) is 10.2 Å². The van der Waals surface area contributed by atoms with E-state index < -0.39 is 5.91 Å². The molecular formula is C12H8Cl2N6O. The van der Waals surface area contributed by atoms with Crippen molar-refractivity contribution in [1.82, 2.24) is 19.9 Å². The van der Waals surface area contributed by atoms with E-state index in [1.165, 1.54) is 6.33 Å². The highest BCUT2D eigenvalue weighted by Gasteiger charge is 2.15. The smallest absolute Gasteiger partial charge is 0.259 e. The number of nitrogens with two attached hydrogens (primary N) is 1. The van der Waals surface area contributed by atoms with Crippen LogP contribution in [-0.2, 0) is 0 Å². The number of rotatable bonds is 2. The molecule has 4 N–H and O–H groups in total. The molecule has 9 heteroatoms. The number of benzene rings is 1. The lowest BCUT2D eigenvalue weighted by Crippen LogP contribution is -2.15. The van der Waals surface area contributed by atoms with Crippen LogP contribution in [-0.4, -0.2) is 25.8 Å². The van der Waals surface area contributed by atoms with E-state index in [0.717, 1.165) is 0 Å². The van der Waals surface area contributed by atoms with E-state index in [1.54, 1.807) is 18.2 Å². The molecule has 0 saturated carbocycles. The highest BCUT2D eigenvalue weighted by molar-refractivity contribution is 6.37. The Morgan fingerprint density at radius 3 is 2.90 bits per heavy atom. The van der Waals surface area contributed by atoms with Gasteiger partial charge in [0.05, 0.1) is 22.6 Å². The van der Waals surface area contributed by atoms with Crippen molar-refractivity contribution in [2.45, 2.75) is 0 Å². The molecule has 7 nitrogen and oxygen atoms in total. The molecule has 0 aliphatic carbocycles. The number of aromatic nitrogens is 4. The van der Waals surface area contributed by atoms with E-state index in [-0.39, 0.29) is 21.7 Å². The predicted molar refractivity (Wildman–Crippen MR) is 80.5 cm³/mol. The van der Waals surface area contributed by atoms with Crippen molar-refractivity contribution in [3.63, 3.8) is 0 Å². The van der Waals surface area contributed by atoms with Crippen LogP contribution in [0, 0.1) is 0 Å². The van der Waals surface area contributed by atoms with Crippen LogP contribution in [0.4, 0.5) is 11.6 Å². The summed E-state index contributed by atoms with van der Waals surface area (Å²) < 4.78 is 0. The molecule has 0 unspecified atom stereocenters. The number of nitrogen functional groups attached to an aromatic ring is 1. The van der Waals surface area contributed by atoms with Gasteiger partial charge in [0.1, 0.15) is 5.52 Å². The average Bonchev–Trinajstić information content (AvgIpc) is 2.90. The summed E-state index contributed by atoms with van der Waals surface area (Å²) in [5.41, 5.74) is 7.04. The molecule has 0 atom stereocenters. The standard InChI is InChI=1S/C12H8Cl2N6O/c13-7-5(2-1-3-6(7)15)11(21)20-12-18-9(14)8-10(19-12)17-4-16-8/h1-4H,15H2,(H2,16,17,18,19,20,21). The Morgan fingerprint density at radius 2 is 2.10 bits per heavy atom. The monoisotopic (exact) mass is 322 g/mol. The van der Waals surface area contributed by atoms with E-state index >= 15 is 0 Å². The van der Waals surface area contributed by atoms with Gasteiger partial charge in [-0.1, -0.05) is 29.3 Å². The van der Waals surface area contributed by atoms with Gasteiger partial charge in [0, 0.05) is 0 Å². The number of anilines is 2. The quantitative estimate of drug-likeness (QED) is 0.496. The number of fused-ring (bicyclic) bond motifs is 1. The second-order valence-corrected chi connectivity index (χ2v) is 4.84. The van der Waals surface area contributed by atoms with Crippen LogP contribution in [0.15, 0.2) is 24.5 Å². The number of H-pyrrole nitrogens is 1. The highest BCUT2D eigenvalue weighted by atomic mass is 35.5. The number of nitrogens with one attached hydrogen (secondary N) is 2. The summed E-state index contributed by atoms with van der Waals surface area (Å²) in [5.74, 6) is -0.457. The summed E-state index contributed by atoms with van der Waals surface area (Å²) in [5, 5.41) is 2.84. The molecule has 2 aromatic heterocycles. The van der Waals surface area contributed by atoms with Crippen LogP contribution in [0.1, 0.15) is 10.4 Å². The van der Waals surface area contributed by atoms with Crippen molar-refractivity contribution < 1.29 is 4.79 Å². The molecule has 0 radical (unpaired) electrons. The maximum Gasteiger partial charge on any atom is 0.259 e. The van der Waals surface area contributed by atoms with Gasteiger partial charge < -0.3 is 10.7 Å². The molecule has 3 rings (SSSR count). The molecule has 0 aliphatic heterocycles. The number of aromatic amines is 1. The Kier molecular flexibility index (Phi) is 3.36. The maximum absolute atomic E-state index is 12.2. The Bertz CT molecular complexity index is 847. The summed E-state index contributed by atoms with van der Waals surface area (Å²) in [4.78, 5) is 27.0. The number of carbonyl (C=O) groups is 1. The van der Waals surface area contributed by atoms with Crippen LogP contribution >= 0.6 is 23.2 Å². The van der Waals surface area contributed by atoms with E-state index in [0.29, 0.717) is 16.9 Å². The molecular weight excluding hydrogens is 315 g/mol. The minimum atomic E-state index is -0.488. The molecule has 0 bridgehead atoms. The van der Waals surface area contributed by atoms with Gasteiger partial charge in [0.25, 0.3) is 5.91 Å². The summed E-state index contributed by atoms with van der Waals surface area (Å²) in [7, 11) is 0. The largest absolute Gasteiger partial charge is 0.398 e. The van der Waals surface area contributed by atoms with Crippen molar-refractivity contribution in [2.24, 2.45) is 0 Å². The SMILES string of the molecule is Nc1cccc(C(=O)Nc2nc(Cl)c3[nH]cnc3n2)c1Cl. The first-order chi connectivity index (χ1) is 10.1. The molecule has 0 saturated heterocycles. The van der Waals surface area contributed by atoms with Gasteiger partial charge in [0.2, 0.25) is 5.95 Å². The summed E-state index contributed by atoms with van der Waals surface area (Å²) >= 11 is 12.0. The minimum Gasteiger partial charge on any atom is -0.398 e. The normalized spacial score (nSPS) is 10.8. The van der Waals surface area contributed by atoms with Crippen molar-refractivity contribution in [3.8, 4) is 0 Å². The lowest BCUT2D eigenvalue weighted by Gasteiger charge is -2.07. The molecule has 1 aromatic carbocycles.